The highest BCUT2D eigenvalue weighted by Gasteiger charge is 2.21. The van der Waals surface area contributed by atoms with Gasteiger partial charge in [-0.15, -0.1) is 0 Å². The SMILES string of the molecule is Cc1cc(Nc2nc(C3CCCCC3)nc3c2cnn3C)n[nH]1. The molecule has 0 radical (unpaired) electrons. The molecule has 0 atom stereocenters. The average molecular weight is 311 g/mol. The van der Waals surface area contributed by atoms with Gasteiger partial charge in [-0.05, 0) is 19.8 Å². The van der Waals surface area contributed by atoms with Crippen LogP contribution >= 0.6 is 0 Å². The van der Waals surface area contributed by atoms with Crippen molar-refractivity contribution in [1.29, 1.82) is 0 Å². The number of rotatable bonds is 3. The molecule has 4 rings (SSSR count). The number of aromatic nitrogens is 6. The van der Waals surface area contributed by atoms with Crippen LogP contribution in [-0.4, -0.2) is 29.9 Å². The van der Waals surface area contributed by atoms with Gasteiger partial charge in [0.05, 0.1) is 11.6 Å². The van der Waals surface area contributed by atoms with Crippen LogP contribution in [-0.2, 0) is 7.05 Å². The Bertz CT molecular complexity index is 826. The third-order valence-corrected chi connectivity index (χ3v) is 4.53. The fraction of sp³-hybridized carbons (Fsp3) is 0.500. The second kappa shape index (κ2) is 5.64. The van der Waals surface area contributed by atoms with Crippen LogP contribution in [0.4, 0.5) is 11.6 Å². The van der Waals surface area contributed by atoms with E-state index >= 15 is 0 Å². The smallest absolute Gasteiger partial charge is 0.163 e. The van der Waals surface area contributed by atoms with Crippen LogP contribution < -0.4 is 5.32 Å². The number of aryl methyl sites for hydroxylation is 2. The maximum atomic E-state index is 4.81. The Hall–Kier alpha value is -2.44. The van der Waals surface area contributed by atoms with Crippen LogP contribution in [0.5, 0.6) is 0 Å². The lowest BCUT2D eigenvalue weighted by molar-refractivity contribution is 0.429. The van der Waals surface area contributed by atoms with Crippen molar-refractivity contribution < 1.29 is 0 Å². The van der Waals surface area contributed by atoms with Gasteiger partial charge in [0.2, 0.25) is 0 Å². The minimum atomic E-state index is 0.449. The summed E-state index contributed by atoms with van der Waals surface area (Å²) in [6, 6.07) is 1.96. The number of nitrogens with zero attached hydrogens (tertiary/aromatic N) is 5. The van der Waals surface area contributed by atoms with Gasteiger partial charge < -0.3 is 5.32 Å². The summed E-state index contributed by atoms with van der Waals surface area (Å²) in [7, 11) is 1.92. The Labute approximate surface area is 134 Å². The Morgan fingerprint density at radius 1 is 1.22 bits per heavy atom. The Balaban J connectivity index is 1.77. The number of aromatic amines is 1. The maximum Gasteiger partial charge on any atom is 0.163 e. The van der Waals surface area contributed by atoms with Crippen LogP contribution in [0.15, 0.2) is 12.3 Å². The molecule has 1 aliphatic rings. The van der Waals surface area contributed by atoms with E-state index in [1.807, 2.05) is 30.9 Å². The molecule has 1 saturated carbocycles. The first-order valence-corrected chi connectivity index (χ1v) is 8.19. The third kappa shape index (κ3) is 2.67. The molecule has 2 N–H and O–H groups in total. The number of hydrogen-bond acceptors (Lipinski definition) is 5. The molecule has 0 unspecified atom stereocenters. The zero-order valence-corrected chi connectivity index (χ0v) is 13.5. The largest absolute Gasteiger partial charge is 0.323 e. The first-order chi connectivity index (χ1) is 11.2. The highest BCUT2D eigenvalue weighted by atomic mass is 15.3. The Kier molecular flexibility index (Phi) is 3.48. The summed E-state index contributed by atoms with van der Waals surface area (Å²) in [6.45, 7) is 1.98. The molecule has 7 heteroatoms. The zero-order valence-electron chi connectivity index (χ0n) is 13.5. The number of anilines is 2. The fourth-order valence-corrected chi connectivity index (χ4v) is 3.28. The van der Waals surface area contributed by atoms with E-state index in [0.717, 1.165) is 34.2 Å². The van der Waals surface area contributed by atoms with Gasteiger partial charge in [0.1, 0.15) is 11.6 Å². The van der Waals surface area contributed by atoms with Crippen molar-refractivity contribution in [3.05, 3.63) is 23.8 Å². The van der Waals surface area contributed by atoms with Gasteiger partial charge in [-0.2, -0.15) is 10.2 Å². The topological polar surface area (TPSA) is 84.3 Å². The molecule has 3 heterocycles. The van der Waals surface area contributed by atoms with Gasteiger partial charge in [0.15, 0.2) is 11.5 Å². The molecule has 0 aromatic carbocycles. The minimum absolute atomic E-state index is 0.449. The molecule has 1 fully saturated rings. The standard InChI is InChI=1S/C16H21N7/c1-10-8-13(22-21-10)18-15-12-9-17-23(2)16(12)20-14(19-15)11-6-4-3-5-7-11/h8-9,11H,3-7H2,1-2H3,(H2,18,19,20,21,22). The van der Waals surface area contributed by atoms with Crippen molar-refractivity contribution in [3.63, 3.8) is 0 Å². The summed E-state index contributed by atoms with van der Waals surface area (Å²) in [5.41, 5.74) is 1.88. The minimum Gasteiger partial charge on any atom is -0.323 e. The van der Waals surface area contributed by atoms with Gasteiger partial charge >= 0.3 is 0 Å². The molecular formula is C16H21N7. The van der Waals surface area contributed by atoms with E-state index in [1.165, 1.54) is 32.1 Å². The second-order valence-corrected chi connectivity index (χ2v) is 6.33. The fourth-order valence-electron chi connectivity index (χ4n) is 3.28. The zero-order chi connectivity index (χ0) is 15.8. The van der Waals surface area contributed by atoms with Crippen molar-refractivity contribution in [3.8, 4) is 0 Å². The second-order valence-electron chi connectivity index (χ2n) is 6.33. The quantitative estimate of drug-likeness (QED) is 0.776. The van der Waals surface area contributed by atoms with E-state index in [4.69, 9.17) is 9.97 Å². The van der Waals surface area contributed by atoms with Crippen LogP contribution in [0.1, 0.15) is 49.5 Å². The molecule has 23 heavy (non-hydrogen) atoms. The third-order valence-electron chi connectivity index (χ3n) is 4.53. The first kappa shape index (κ1) is 14.2. The molecule has 0 bridgehead atoms. The number of fused-ring (bicyclic) bond motifs is 1. The summed E-state index contributed by atoms with van der Waals surface area (Å²) in [5.74, 6) is 2.93. The predicted octanol–water partition coefficient (Wildman–Crippen LogP) is 3.19. The summed E-state index contributed by atoms with van der Waals surface area (Å²) in [5, 5.41) is 15.8. The number of hydrogen-bond donors (Lipinski definition) is 2. The molecular weight excluding hydrogens is 290 g/mol. The molecule has 3 aromatic rings. The Morgan fingerprint density at radius 2 is 2.04 bits per heavy atom. The van der Waals surface area contributed by atoms with E-state index in [-0.39, 0.29) is 0 Å². The van der Waals surface area contributed by atoms with Crippen molar-refractivity contribution >= 4 is 22.7 Å². The molecule has 0 spiro atoms. The van der Waals surface area contributed by atoms with Crippen molar-refractivity contribution in [2.75, 3.05) is 5.32 Å². The molecule has 0 saturated heterocycles. The molecule has 3 aromatic heterocycles. The molecule has 7 nitrogen and oxygen atoms in total. The van der Waals surface area contributed by atoms with Gasteiger partial charge in [-0.3, -0.25) is 9.78 Å². The van der Waals surface area contributed by atoms with Gasteiger partial charge in [-0.25, -0.2) is 9.97 Å². The molecule has 0 aliphatic heterocycles. The highest BCUT2D eigenvalue weighted by Crippen LogP contribution is 2.33. The first-order valence-electron chi connectivity index (χ1n) is 8.19. The van der Waals surface area contributed by atoms with Crippen LogP contribution in [0.2, 0.25) is 0 Å². The lowest BCUT2D eigenvalue weighted by atomic mass is 9.88. The van der Waals surface area contributed by atoms with E-state index < -0.39 is 0 Å². The average Bonchev–Trinajstić information content (AvgIpc) is 3.15. The monoisotopic (exact) mass is 311 g/mol. The molecule has 1 aliphatic carbocycles. The summed E-state index contributed by atoms with van der Waals surface area (Å²) in [4.78, 5) is 9.60. The van der Waals surface area contributed by atoms with Gasteiger partial charge in [0.25, 0.3) is 0 Å². The van der Waals surface area contributed by atoms with Crippen molar-refractivity contribution in [2.24, 2.45) is 7.05 Å². The summed E-state index contributed by atoms with van der Waals surface area (Å²) in [6.07, 6.45) is 8.00. The predicted molar refractivity (Wildman–Crippen MR) is 88.7 cm³/mol. The lowest BCUT2D eigenvalue weighted by Crippen LogP contribution is -2.11. The van der Waals surface area contributed by atoms with Crippen LogP contribution in [0.25, 0.3) is 11.0 Å². The van der Waals surface area contributed by atoms with Crippen LogP contribution in [0, 0.1) is 6.92 Å². The summed E-state index contributed by atoms with van der Waals surface area (Å²) >= 11 is 0. The summed E-state index contributed by atoms with van der Waals surface area (Å²) < 4.78 is 1.81. The van der Waals surface area contributed by atoms with Crippen LogP contribution in [0.3, 0.4) is 0 Å². The normalized spacial score (nSPS) is 16.1. The molecule has 120 valence electrons. The van der Waals surface area contributed by atoms with Gasteiger partial charge in [0, 0.05) is 24.7 Å². The van der Waals surface area contributed by atoms with E-state index in [1.54, 1.807) is 0 Å². The Morgan fingerprint density at radius 3 is 2.78 bits per heavy atom. The number of nitrogens with one attached hydrogen (secondary N) is 2. The van der Waals surface area contributed by atoms with E-state index in [9.17, 15) is 0 Å². The molecule has 0 amide bonds. The van der Waals surface area contributed by atoms with Crippen molar-refractivity contribution in [2.45, 2.75) is 44.9 Å². The van der Waals surface area contributed by atoms with E-state index in [2.05, 4.69) is 20.6 Å². The maximum absolute atomic E-state index is 4.81. The lowest BCUT2D eigenvalue weighted by Gasteiger charge is -2.20. The number of H-pyrrole nitrogens is 1. The van der Waals surface area contributed by atoms with Gasteiger partial charge in [-0.1, -0.05) is 19.3 Å². The van der Waals surface area contributed by atoms with Crippen molar-refractivity contribution in [1.82, 2.24) is 29.9 Å². The van der Waals surface area contributed by atoms with E-state index in [0.29, 0.717) is 5.92 Å². The highest BCUT2D eigenvalue weighted by molar-refractivity contribution is 5.88.